The zero-order valence-electron chi connectivity index (χ0n) is 26.0. The third kappa shape index (κ3) is 11.2. The Kier molecular flexibility index (Phi) is 14.1. The van der Waals surface area contributed by atoms with Crippen molar-refractivity contribution in [3.05, 3.63) is 0 Å². The van der Waals surface area contributed by atoms with Crippen molar-refractivity contribution >= 4 is 41.8 Å². The molecule has 2 aliphatic heterocycles. The number of hydrogen-bond acceptors (Lipinski definition) is 18. The molecule has 2 heterocycles. The van der Waals surface area contributed by atoms with E-state index in [1.807, 2.05) is 0 Å². The Morgan fingerprint density at radius 3 is 1.49 bits per heavy atom. The Morgan fingerprint density at radius 1 is 0.556 bits per heavy atom. The zero-order chi connectivity index (χ0) is 34.0. The predicted molar refractivity (Wildman–Crippen MR) is 140 cm³/mol. The quantitative estimate of drug-likeness (QED) is 0.177. The van der Waals surface area contributed by atoms with Crippen LogP contribution in [-0.4, -0.2) is 124 Å². The van der Waals surface area contributed by atoms with Gasteiger partial charge in [-0.3, -0.25) is 33.6 Å². The molecule has 18 nitrogen and oxygen atoms in total. The van der Waals surface area contributed by atoms with Gasteiger partial charge in [0.1, 0.15) is 18.8 Å². The van der Waals surface area contributed by atoms with Crippen LogP contribution in [0.15, 0.2) is 0 Å². The molecule has 0 amide bonds. The van der Waals surface area contributed by atoms with Crippen LogP contribution in [0.4, 0.5) is 0 Å². The van der Waals surface area contributed by atoms with Crippen molar-refractivity contribution in [2.45, 2.75) is 110 Å². The van der Waals surface area contributed by atoms with Gasteiger partial charge in [-0.1, -0.05) is 0 Å². The van der Waals surface area contributed by atoms with Crippen LogP contribution in [0.25, 0.3) is 0 Å². The van der Waals surface area contributed by atoms with Crippen LogP contribution >= 0.6 is 0 Å². The molecule has 1 unspecified atom stereocenters. The van der Waals surface area contributed by atoms with Crippen LogP contribution in [-0.2, 0) is 85.7 Å². The van der Waals surface area contributed by atoms with Gasteiger partial charge in [0.2, 0.25) is 0 Å². The van der Waals surface area contributed by atoms with Gasteiger partial charge < -0.3 is 52.1 Å². The summed E-state index contributed by atoms with van der Waals surface area (Å²) in [5, 5.41) is 0. The summed E-state index contributed by atoms with van der Waals surface area (Å²) < 4.78 is 60.0. The molecule has 18 heteroatoms. The van der Waals surface area contributed by atoms with Gasteiger partial charge >= 0.3 is 41.8 Å². The molecule has 0 N–H and O–H groups in total. The number of esters is 7. The number of methoxy groups -OCH3 is 1. The van der Waals surface area contributed by atoms with Crippen molar-refractivity contribution in [2.24, 2.45) is 0 Å². The highest BCUT2D eigenvalue weighted by molar-refractivity contribution is 5.69. The monoisotopic (exact) mass is 650 g/mol. The van der Waals surface area contributed by atoms with Crippen molar-refractivity contribution in [3.8, 4) is 0 Å². The maximum Gasteiger partial charge on any atom is 0.303 e. The van der Waals surface area contributed by atoms with E-state index >= 15 is 0 Å². The second kappa shape index (κ2) is 17.0. The van der Waals surface area contributed by atoms with E-state index in [0.717, 1.165) is 48.5 Å². The van der Waals surface area contributed by atoms with Crippen molar-refractivity contribution in [2.75, 3.05) is 20.3 Å². The first-order valence-corrected chi connectivity index (χ1v) is 13.7. The van der Waals surface area contributed by atoms with Crippen LogP contribution in [0.2, 0.25) is 0 Å². The van der Waals surface area contributed by atoms with Gasteiger partial charge in [0.25, 0.3) is 0 Å². The maximum atomic E-state index is 12.1. The van der Waals surface area contributed by atoms with Crippen LogP contribution in [0, 0.1) is 0 Å². The minimum absolute atomic E-state index is 0.509. The number of hydrogen-bond donors (Lipinski definition) is 0. The lowest BCUT2D eigenvalue weighted by atomic mass is 9.98. The van der Waals surface area contributed by atoms with E-state index in [4.69, 9.17) is 52.1 Å². The first kappa shape index (κ1) is 37.3. The van der Waals surface area contributed by atoms with Crippen molar-refractivity contribution in [1.82, 2.24) is 0 Å². The Labute approximate surface area is 258 Å². The van der Waals surface area contributed by atoms with E-state index in [1.165, 1.54) is 7.11 Å². The number of carbonyl (C=O) groups is 7. The summed E-state index contributed by atoms with van der Waals surface area (Å²) >= 11 is 0. The number of ether oxygens (including phenoxy) is 11. The van der Waals surface area contributed by atoms with Crippen LogP contribution in [0.5, 0.6) is 0 Å². The first-order valence-electron chi connectivity index (χ1n) is 13.7. The van der Waals surface area contributed by atoms with E-state index < -0.39 is 116 Å². The predicted octanol–water partition coefficient (Wildman–Crippen LogP) is -0.747. The van der Waals surface area contributed by atoms with Crippen LogP contribution < -0.4 is 0 Å². The summed E-state index contributed by atoms with van der Waals surface area (Å²) in [6, 6.07) is 0. The maximum absolute atomic E-state index is 12.1. The fourth-order valence-corrected chi connectivity index (χ4v) is 4.70. The van der Waals surface area contributed by atoms with Gasteiger partial charge in [-0.15, -0.1) is 0 Å². The molecule has 0 aromatic rings. The summed E-state index contributed by atoms with van der Waals surface area (Å²) in [4.78, 5) is 83.6. The highest BCUT2D eigenvalue weighted by atomic mass is 16.8. The van der Waals surface area contributed by atoms with Gasteiger partial charge in [0.15, 0.2) is 49.2 Å². The van der Waals surface area contributed by atoms with Crippen LogP contribution in [0.1, 0.15) is 48.5 Å². The average Bonchev–Trinajstić information content (AvgIpc) is 3.22. The minimum atomic E-state index is -1.63. The first-order chi connectivity index (χ1) is 21.0. The smallest absolute Gasteiger partial charge is 0.303 e. The molecular weight excluding hydrogens is 612 g/mol. The number of carbonyl (C=O) groups excluding carboxylic acids is 7. The Balaban J connectivity index is 2.50. The molecule has 0 spiro atoms. The molecule has 10 atom stereocenters. The SMILES string of the molecule is COC1O[C@@H]([C@@H](CO[C@H]2O[C@H](COC(C)=O)[C@@H](OC(C)=O)[C@H](OC(C)=O)[C@@H]2OC(C)=O)OC(C)=O)[C@H](OC(C)=O)[C@H]1OC(C)=O. The fourth-order valence-electron chi connectivity index (χ4n) is 4.70. The second-order valence-electron chi connectivity index (χ2n) is 9.90. The Hall–Kier alpha value is -3.87. The highest BCUT2D eigenvalue weighted by Gasteiger charge is 2.56. The van der Waals surface area contributed by atoms with E-state index in [9.17, 15) is 33.6 Å². The summed E-state index contributed by atoms with van der Waals surface area (Å²) in [5.41, 5.74) is 0. The Morgan fingerprint density at radius 2 is 1.02 bits per heavy atom. The lowest BCUT2D eigenvalue weighted by molar-refractivity contribution is -0.313. The molecule has 0 aromatic heterocycles. The molecule has 0 aliphatic carbocycles. The normalized spacial score (nSPS) is 29.8. The minimum Gasteiger partial charge on any atom is -0.463 e. The largest absolute Gasteiger partial charge is 0.463 e. The molecular formula is C27H38O18. The molecule has 2 fully saturated rings. The zero-order valence-corrected chi connectivity index (χ0v) is 26.0. The molecule has 0 saturated carbocycles. The molecule has 0 radical (unpaired) electrons. The summed E-state index contributed by atoms with van der Waals surface area (Å²) in [6.45, 7) is 6.45. The molecule has 0 aromatic carbocycles. The van der Waals surface area contributed by atoms with Crippen LogP contribution in [0.3, 0.4) is 0 Å². The highest BCUT2D eigenvalue weighted by Crippen LogP contribution is 2.33. The summed E-state index contributed by atoms with van der Waals surface area (Å²) in [7, 11) is 1.24. The average molecular weight is 651 g/mol. The molecule has 2 saturated heterocycles. The van der Waals surface area contributed by atoms with E-state index in [2.05, 4.69) is 0 Å². The molecule has 0 bridgehead atoms. The van der Waals surface area contributed by atoms with E-state index in [-0.39, 0.29) is 0 Å². The van der Waals surface area contributed by atoms with E-state index in [0.29, 0.717) is 0 Å². The third-order valence-electron chi connectivity index (χ3n) is 6.10. The molecule has 254 valence electrons. The van der Waals surface area contributed by atoms with Gasteiger partial charge in [0.05, 0.1) is 6.61 Å². The van der Waals surface area contributed by atoms with Gasteiger partial charge in [0, 0.05) is 55.6 Å². The topological polar surface area (TPSA) is 221 Å². The lowest BCUT2D eigenvalue weighted by Gasteiger charge is -2.44. The van der Waals surface area contributed by atoms with Crippen molar-refractivity contribution < 1.29 is 85.7 Å². The molecule has 45 heavy (non-hydrogen) atoms. The lowest BCUT2D eigenvalue weighted by Crippen LogP contribution is -2.63. The van der Waals surface area contributed by atoms with Gasteiger partial charge in [-0.05, 0) is 0 Å². The molecule has 2 aliphatic rings. The third-order valence-corrected chi connectivity index (χ3v) is 6.10. The fraction of sp³-hybridized carbons (Fsp3) is 0.741. The van der Waals surface area contributed by atoms with Crippen molar-refractivity contribution in [3.63, 3.8) is 0 Å². The Bertz CT molecular complexity index is 1110. The van der Waals surface area contributed by atoms with Gasteiger partial charge in [-0.2, -0.15) is 0 Å². The summed E-state index contributed by atoms with van der Waals surface area (Å²) in [6.07, 6.45) is -14.1. The standard InChI is InChI=1S/C27H38O18/c1-11(28)36-9-19-20(39-13(3)30)22(40-14(4)31)25(43-17(7)34)27(44-19)37-10-18(38-12(2)29)21-23(41-15(5)32)24(42-16(6)33)26(35-8)45-21/h18-27H,9-10H2,1-8H3/t18-,19-,20-,21+,22+,23+,24-,25+,26?,27+/m1/s1. The van der Waals surface area contributed by atoms with Crippen molar-refractivity contribution in [1.29, 1.82) is 0 Å². The number of rotatable bonds is 13. The summed E-state index contributed by atoms with van der Waals surface area (Å²) in [5.74, 6) is -5.62. The van der Waals surface area contributed by atoms with E-state index in [1.54, 1.807) is 0 Å². The molecule has 2 rings (SSSR count). The van der Waals surface area contributed by atoms with Gasteiger partial charge in [-0.25, -0.2) is 0 Å². The second-order valence-corrected chi connectivity index (χ2v) is 9.90.